The summed E-state index contributed by atoms with van der Waals surface area (Å²) in [5.74, 6) is 0. The van der Waals surface area contributed by atoms with Crippen LogP contribution < -0.4 is 26.2 Å². The number of para-hydroxylation sites is 3. The summed E-state index contributed by atoms with van der Waals surface area (Å²) in [6.45, 7) is 20.2. The second-order valence-electron chi connectivity index (χ2n) is 31.6. The summed E-state index contributed by atoms with van der Waals surface area (Å²) in [4.78, 5) is 7.37. The molecule has 2 aliphatic heterocycles. The van der Waals surface area contributed by atoms with E-state index in [1.807, 2.05) is 17.8 Å². The lowest BCUT2D eigenvalue weighted by Crippen LogP contribution is -2.60. The van der Waals surface area contributed by atoms with Gasteiger partial charge in [0.25, 0.3) is 0 Å². The molecule has 0 aliphatic carbocycles. The Kier molecular flexibility index (Phi) is 14.6. The topological polar surface area (TPSA) is 53.3 Å². The van der Waals surface area contributed by atoms with Gasteiger partial charge in [-0.05, 0) is 187 Å². The Bertz CT molecular complexity index is 6270. The maximum atomic E-state index is 10.7. The van der Waals surface area contributed by atoms with Crippen molar-refractivity contribution < 1.29 is 4.42 Å². The van der Waals surface area contributed by atoms with Crippen LogP contribution in [0, 0.1) is 11.3 Å². The van der Waals surface area contributed by atoms with Crippen LogP contribution in [0.25, 0.3) is 110 Å². The van der Waals surface area contributed by atoms with E-state index in [2.05, 4.69) is 379 Å². The van der Waals surface area contributed by atoms with Gasteiger partial charge >= 0.3 is 0 Å². The maximum absolute atomic E-state index is 10.7. The Labute approximate surface area is 617 Å². The van der Waals surface area contributed by atoms with Crippen molar-refractivity contribution in [3.05, 3.63) is 320 Å². The van der Waals surface area contributed by atoms with Gasteiger partial charge in [-0.15, -0.1) is 0 Å². The maximum Gasteiger partial charge on any atom is 0.249 e. The molecule has 0 fully saturated rings. The molecule has 0 spiro atoms. The van der Waals surface area contributed by atoms with Gasteiger partial charge in [0, 0.05) is 77.1 Å². The summed E-state index contributed by atoms with van der Waals surface area (Å²) in [7, 11) is 0. The molecule has 3 aromatic heterocycles. The van der Waals surface area contributed by atoms with Crippen LogP contribution in [0.3, 0.4) is 0 Å². The van der Waals surface area contributed by atoms with Crippen LogP contribution in [0.1, 0.15) is 84.6 Å². The fourth-order valence-corrected chi connectivity index (χ4v) is 18.0. The predicted molar refractivity (Wildman–Crippen MR) is 444 cm³/mol. The van der Waals surface area contributed by atoms with Crippen LogP contribution in [-0.4, -0.2) is 15.8 Å². The molecule has 19 rings (SSSR count). The van der Waals surface area contributed by atoms with Crippen molar-refractivity contribution in [3.8, 4) is 50.8 Å². The van der Waals surface area contributed by atoms with E-state index in [0.717, 1.165) is 149 Å². The Morgan fingerprint density at radius 2 is 0.895 bits per heavy atom. The molecular formula is C97H76BN5OS. The second-order valence-corrected chi connectivity index (χ2v) is 32.6. The van der Waals surface area contributed by atoms with Gasteiger partial charge in [0.05, 0.1) is 55.4 Å². The molecule has 0 N–H and O–H groups in total. The average Bonchev–Trinajstić information content (AvgIpc) is 1.62. The SMILES string of the molecule is CC(C)(C)c1ccc(N(c2ccc(C(C)(C)C)cc2)c2cc3c(c4oc5ccccc5c24)Sc2cc(-n4c5ccc(C#N)cc5c5cc(C(C)(C)C)ccc54)cc4c2B3c2ccc(-n3c5ccccc5c5ccccc53)cc2N4c2c(-c3ccccc3)cc(-c3ccccc3)cc2-c2ccccc2)cc1. The lowest BCUT2D eigenvalue weighted by Gasteiger charge is -2.42. The zero-order valence-corrected chi connectivity index (χ0v) is 61.2. The number of furan rings is 1. The second kappa shape index (κ2) is 24.0. The van der Waals surface area contributed by atoms with Gasteiger partial charge in [-0.2, -0.15) is 5.26 Å². The molecule has 0 amide bonds. The number of fused-ring (bicyclic) bond motifs is 14. The van der Waals surface area contributed by atoms with Crippen molar-refractivity contribution in [2.24, 2.45) is 0 Å². The number of nitriles is 1. The van der Waals surface area contributed by atoms with E-state index in [1.165, 1.54) is 38.4 Å². The molecule has 0 saturated carbocycles. The van der Waals surface area contributed by atoms with Crippen LogP contribution in [-0.2, 0) is 16.2 Å². The Morgan fingerprint density at radius 1 is 0.400 bits per heavy atom. The molecule has 0 saturated heterocycles. The molecule has 0 radical (unpaired) electrons. The van der Waals surface area contributed by atoms with Gasteiger partial charge in [0.15, 0.2) is 5.58 Å². The zero-order valence-electron chi connectivity index (χ0n) is 60.4. The van der Waals surface area contributed by atoms with Crippen LogP contribution in [0.5, 0.6) is 0 Å². The third-order valence-electron chi connectivity index (χ3n) is 22.0. The quantitative estimate of drug-likeness (QED) is 0.135. The Morgan fingerprint density at radius 3 is 1.48 bits per heavy atom. The lowest BCUT2D eigenvalue weighted by molar-refractivity contribution is 0.590. The monoisotopic (exact) mass is 1370 g/mol. The highest BCUT2D eigenvalue weighted by atomic mass is 32.2. The van der Waals surface area contributed by atoms with E-state index in [-0.39, 0.29) is 23.0 Å². The number of nitrogens with zero attached hydrogens (tertiary/aromatic N) is 5. The average molecular weight is 1370 g/mol. The van der Waals surface area contributed by atoms with Gasteiger partial charge in [-0.25, -0.2) is 0 Å². The molecule has 17 aromatic rings. The lowest BCUT2D eigenvalue weighted by atomic mass is 9.34. The van der Waals surface area contributed by atoms with Crippen molar-refractivity contribution in [2.75, 3.05) is 9.80 Å². The van der Waals surface area contributed by atoms with Crippen molar-refractivity contribution >= 4 is 135 Å². The molecule has 0 atom stereocenters. The molecule has 5 heterocycles. The number of aromatic nitrogens is 2. The third kappa shape index (κ3) is 10.4. The minimum atomic E-state index is -0.335. The first-order valence-corrected chi connectivity index (χ1v) is 37.4. The van der Waals surface area contributed by atoms with Crippen LogP contribution in [0.15, 0.2) is 311 Å². The smallest absolute Gasteiger partial charge is 0.249 e. The van der Waals surface area contributed by atoms with Crippen molar-refractivity contribution in [2.45, 2.75) is 88.3 Å². The molecule has 504 valence electrons. The van der Waals surface area contributed by atoms with E-state index in [0.29, 0.717) is 5.56 Å². The highest BCUT2D eigenvalue weighted by Crippen LogP contribution is 2.55. The number of hydrogen-bond donors (Lipinski definition) is 0. The van der Waals surface area contributed by atoms with Crippen molar-refractivity contribution in [1.82, 2.24) is 9.13 Å². The standard InChI is InChI=1S/C97H76BN5OS/c1-95(2,3)65-38-43-68(44-39-65)100(69-45-40-66(41-46-69)96(4,5)6)86-58-80-94(93-90(86)74-33-21-24-36-88(74)104-93)105-89-57-71(102-83-49-37-60(59-99)51-77(83)78-54-67(97(7,8)9)42-50-84(78)102)56-87-91(89)98(80)79-48-47-70(101-81-34-22-19-31-72(81)73-32-20-23-35-82(73)101)55-85(79)103(87)92-75(62-27-15-11-16-28-62)52-64(61-25-13-10-14-26-61)53-76(92)63-29-17-12-18-30-63/h10-58H,1-9H3. The Hall–Kier alpha value is -12.0. The summed E-state index contributed by atoms with van der Waals surface area (Å²) in [5.41, 5.74) is 28.8. The predicted octanol–water partition coefficient (Wildman–Crippen LogP) is 24.8. The fraction of sp³-hybridized carbons (Fsp3) is 0.124. The Balaban J connectivity index is 0.984. The van der Waals surface area contributed by atoms with E-state index in [9.17, 15) is 5.26 Å². The van der Waals surface area contributed by atoms with Gasteiger partial charge in [-0.1, -0.05) is 256 Å². The number of rotatable bonds is 9. The highest BCUT2D eigenvalue weighted by molar-refractivity contribution is 8.00. The summed E-state index contributed by atoms with van der Waals surface area (Å²) in [5, 5.41) is 17.3. The molecule has 8 heteroatoms. The van der Waals surface area contributed by atoms with E-state index in [4.69, 9.17) is 4.42 Å². The first-order valence-electron chi connectivity index (χ1n) is 36.5. The first kappa shape index (κ1) is 63.9. The summed E-state index contributed by atoms with van der Waals surface area (Å²) in [6.07, 6.45) is 0. The molecule has 2 aliphatic rings. The highest BCUT2D eigenvalue weighted by Gasteiger charge is 2.45. The van der Waals surface area contributed by atoms with Crippen LogP contribution in [0.4, 0.5) is 34.1 Å². The van der Waals surface area contributed by atoms with Gasteiger partial charge in [0.2, 0.25) is 6.71 Å². The summed E-state index contributed by atoms with van der Waals surface area (Å²) < 4.78 is 12.5. The fourth-order valence-electron chi connectivity index (χ4n) is 16.8. The minimum absolute atomic E-state index is 0.0602. The molecule has 0 bridgehead atoms. The van der Waals surface area contributed by atoms with E-state index in [1.54, 1.807) is 0 Å². The number of benzene rings is 14. The van der Waals surface area contributed by atoms with E-state index < -0.39 is 0 Å². The number of hydrogen-bond acceptors (Lipinski definition) is 5. The van der Waals surface area contributed by atoms with Crippen LogP contribution in [0.2, 0.25) is 0 Å². The van der Waals surface area contributed by atoms with E-state index >= 15 is 0 Å². The normalized spacial score (nSPS) is 12.9. The zero-order chi connectivity index (χ0) is 71.4. The number of anilines is 6. The summed E-state index contributed by atoms with van der Waals surface area (Å²) >= 11 is 1.83. The van der Waals surface area contributed by atoms with Gasteiger partial charge in [-0.3, -0.25) is 0 Å². The largest absolute Gasteiger partial charge is 0.455 e. The summed E-state index contributed by atoms with van der Waals surface area (Å²) in [6, 6.07) is 113. The first-order chi connectivity index (χ1) is 50.9. The van der Waals surface area contributed by atoms with Gasteiger partial charge < -0.3 is 23.4 Å². The minimum Gasteiger partial charge on any atom is -0.455 e. The van der Waals surface area contributed by atoms with Crippen LogP contribution >= 0.6 is 11.8 Å². The van der Waals surface area contributed by atoms with Gasteiger partial charge in [0.1, 0.15) is 5.58 Å². The molecule has 0 unspecified atom stereocenters. The molecule has 105 heavy (non-hydrogen) atoms. The molecular weight excluding hydrogens is 1290 g/mol. The molecule has 14 aromatic carbocycles. The molecule has 6 nitrogen and oxygen atoms in total. The third-order valence-corrected chi connectivity index (χ3v) is 23.2. The van der Waals surface area contributed by atoms with Crippen molar-refractivity contribution in [3.63, 3.8) is 0 Å². The van der Waals surface area contributed by atoms with Crippen molar-refractivity contribution in [1.29, 1.82) is 5.26 Å².